The monoisotopic (exact) mass is 573 g/mol. The van der Waals surface area contributed by atoms with Crippen molar-refractivity contribution >= 4 is 5.95 Å². The molecule has 4 rings (SSSR count). The third kappa shape index (κ3) is 6.72. The van der Waals surface area contributed by atoms with E-state index >= 15 is 0 Å². The lowest BCUT2D eigenvalue weighted by Crippen LogP contribution is -2.25. The van der Waals surface area contributed by atoms with Crippen molar-refractivity contribution < 1.29 is 39.5 Å². The molecule has 0 aliphatic heterocycles. The van der Waals surface area contributed by atoms with Gasteiger partial charge in [-0.25, -0.2) is 0 Å². The predicted molar refractivity (Wildman–Crippen MR) is 127 cm³/mol. The molecule has 0 N–H and O–H groups in total. The minimum Gasteiger partial charge on any atom is -0.330 e. The van der Waals surface area contributed by atoms with Crippen LogP contribution >= 0.6 is 0 Å². The second-order valence-electron chi connectivity index (χ2n) is 9.08. The van der Waals surface area contributed by atoms with Crippen LogP contribution in [-0.2, 0) is 38.7 Å². The Balaban J connectivity index is 1.83. The molecule has 5 nitrogen and oxygen atoms in total. The number of halogens is 9. The van der Waals surface area contributed by atoms with Crippen LogP contribution in [0.2, 0.25) is 0 Å². The van der Waals surface area contributed by atoms with E-state index in [2.05, 4.69) is 15.4 Å². The van der Waals surface area contributed by atoms with Gasteiger partial charge < -0.3 is 4.90 Å². The minimum atomic E-state index is -5.08. The third-order valence-electron chi connectivity index (χ3n) is 5.96. The van der Waals surface area contributed by atoms with E-state index in [1.165, 1.54) is 13.1 Å². The summed E-state index contributed by atoms with van der Waals surface area (Å²) in [6, 6.07) is 11.0. The van der Waals surface area contributed by atoms with Crippen LogP contribution in [0.5, 0.6) is 0 Å². The molecule has 0 radical (unpaired) electrons. The summed E-state index contributed by atoms with van der Waals surface area (Å²) in [4.78, 5) is 2.17. The number of aryl methyl sites for hydroxylation is 2. The zero-order valence-corrected chi connectivity index (χ0v) is 20.8. The van der Waals surface area contributed by atoms with Crippen LogP contribution in [0.25, 0.3) is 11.1 Å². The van der Waals surface area contributed by atoms with Crippen LogP contribution in [0.1, 0.15) is 33.4 Å². The van der Waals surface area contributed by atoms with E-state index in [1.807, 2.05) is 6.92 Å². The maximum Gasteiger partial charge on any atom is 0.416 e. The van der Waals surface area contributed by atoms with E-state index in [0.29, 0.717) is 23.3 Å². The normalized spacial score (nSPS) is 12.6. The Morgan fingerprint density at radius 2 is 1.27 bits per heavy atom. The van der Waals surface area contributed by atoms with Crippen molar-refractivity contribution in [2.24, 2.45) is 7.05 Å². The second-order valence-corrected chi connectivity index (χ2v) is 9.08. The lowest BCUT2D eigenvalue weighted by molar-refractivity contribution is -0.143. The summed E-state index contributed by atoms with van der Waals surface area (Å²) >= 11 is 0. The summed E-state index contributed by atoms with van der Waals surface area (Å²) in [5.41, 5.74) is -2.52. The Morgan fingerprint density at radius 1 is 0.700 bits per heavy atom. The fraction of sp³-hybridized carbons (Fsp3) is 0.269. The molecule has 40 heavy (non-hydrogen) atoms. The van der Waals surface area contributed by atoms with Crippen molar-refractivity contribution in [1.82, 2.24) is 20.2 Å². The lowest BCUT2D eigenvalue weighted by atomic mass is 9.96. The first-order valence-electron chi connectivity index (χ1n) is 11.5. The number of rotatable bonds is 6. The van der Waals surface area contributed by atoms with Crippen LogP contribution in [0.15, 0.2) is 60.7 Å². The molecule has 0 aliphatic carbocycles. The van der Waals surface area contributed by atoms with E-state index in [4.69, 9.17) is 0 Å². The molecule has 0 saturated carbocycles. The summed E-state index contributed by atoms with van der Waals surface area (Å²) in [7, 11) is 1.38. The first-order valence-corrected chi connectivity index (χ1v) is 11.5. The van der Waals surface area contributed by atoms with Crippen molar-refractivity contribution in [2.45, 2.75) is 38.5 Å². The quantitative estimate of drug-likeness (QED) is 0.225. The van der Waals surface area contributed by atoms with E-state index in [-0.39, 0.29) is 17.6 Å². The Bertz CT molecular complexity index is 1450. The van der Waals surface area contributed by atoms with Gasteiger partial charge in [-0.2, -0.15) is 44.3 Å². The number of alkyl halides is 9. The van der Waals surface area contributed by atoms with Crippen molar-refractivity contribution in [2.75, 3.05) is 4.90 Å². The Labute approximate surface area is 221 Å². The van der Waals surface area contributed by atoms with Gasteiger partial charge >= 0.3 is 18.5 Å². The van der Waals surface area contributed by atoms with Gasteiger partial charge in [-0.3, -0.25) is 0 Å². The zero-order chi connectivity index (χ0) is 29.5. The SMILES string of the molecule is Cc1ccc(-c2ccc(C(F)(F)F)cc2CN(Cc2cc(C(F)(F)F)cc(C(F)(F)F)c2)c2nnn(C)n2)cc1. The molecule has 1 heterocycles. The highest BCUT2D eigenvalue weighted by molar-refractivity contribution is 5.69. The van der Waals surface area contributed by atoms with Gasteiger partial charge in [0.1, 0.15) is 0 Å². The molecule has 0 atom stereocenters. The van der Waals surface area contributed by atoms with Gasteiger partial charge in [0.05, 0.1) is 23.7 Å². The number of tetrazole rings is 1. The molecular formula is C26H20F9N5. The molecular weight excluding hydrogens is 553 g/mol. The van der Waals surface area contributed by atoms with Crippen LogP contribution in [0.4, 0.5) is 45.5 Å². The molecule has 0 amide bonds. The predicted octanol–water partition coefficient (Wildman–Crippen LogP) is 7.45. The van der Waals surface area contributed by atoms with Crippen LogP contribution in [0.3, 0.4) is 0 Å². The second kappa shape index (κ2) is 10.5. The van der Waals surface area contributed by atoms with E-state index in [9.17, 15) is 39.5 Å². The van der Waals surface area contributed by atoms with Gasteiger partial charge in [0.15, 0.2) is 0 Å². The average molecular weight is 573 g/mol. The van der Waals surface area contributed by atoms with Crippen molar-refractivity contribution in [3.05, 3.63) is 94.0 Å². The number of hydrogen-bond donors (Lipinski definition) is 0. The number of aromatic nitrogens is 4. The Morgan fingerprint density at radius 3 is 1.77 bits per heavy atom. The molecule has 0 aliphatic rings. The van der Waals surface area contributed by atoms with Gasteiger partial charge in [-0.05, 0) is 64.7 Å². The Kier molecular flexibility index (Phi) is 7.56. The first-order chi connectivity index (χ1) is 18.5. The summed E-state index contributed by atoms with van der Waals surface area (Å²) < 4.78 is 122. The smallest absolute Gasteiger partial charge is 0.330 e. The highest BCUT2D eigenvalue weighted by Crippen LogP contribution is 2.38. The standard InChI is InChI=1S/C26H20F9N5/c1-15-3-5-17(6-4-15)22-8-7-19(24(27,28)29)11-18(22)14-40(23-36-38-39(2)37-23)13-16-9-20(25(30,31)32)12-21(10-16)26(33,34)35/h3-12H,13-14H2,1-2H3. The summed E-state index contributed by atoms with van der Waals surface area (Å²) in [5.74, 6) is -0.208. The molecule has 0 unspecified atom stereocenters. The largest absolute Gasteiger partial charge is 0.416 e. The first kappa shape index (κ1) is 28.9. The summed E-state index contributed by atoms with van der Waals surface area (Å²) in [5, 5.41) is 11.4. The number of hydrogen-bond acceptors (Lipinski definition) is 4. The minimum absolute atomic E-state index is 0.00326. The molecule has 0 fully saturated rings. The molecule has 3 aromatic carbocycles. The number of benzene rings is 3. The van der Waals surface area contributed by atoms with Gasteiger partial charge in [-0.15, -0.1) is 5.10 Å². The van der Waals surface area contributed by atoms with Crippen LogP contribution in [-0.4, -0.2) is 20.2 Å². The molecule has 4 aromatic rings. The van der Waals surface area contributed by atoms with Gasteiger partial charge in [0, 0.05) is 13.1 Å². The highest BCUT2D eigenvalue weighted by Gasteiger charge is 2.37. The number of nitrogens with zero attached hydrogens (tertiary/aromatic N) is 5. The zero-order valence-electron chi connectivity index (χ0n) is 20.8. The Hall–Kier alpha value is -4.10. The fourth-order valence-corrected chi connectivity index (χ4v) is 4.05. The van der Waals surface area contributed by atoms with E-state index in [1.54, 1.807) is 24.3 Å². The molecule has 0 spiro atoms. The number of anilines is 1. The topological polar surface area (TPSA) is 46.8 Å². The van der Waals surface area contributed by atoms with Gasteiger partial charge in [-0.1, -0.05) is 41.0 Å². The molecule has 1 aromatic heterocycles. The molecule has 0 saturated heterocycles. The van der Waals surface area contributed by atoms with Gasteiger partial charge in [0.2, 0.25) is 0 Å². The van der Waals surface area contributed by atoms with E-state index < -0.39 is 53.9 Å². The molecule has 212 valence electrons. The van der Waals surface area contributed by atoms with Crippen LogP contribution < -0.4 is 4.90 Å². The maximum atomic E-state index is 13.6. The molecule has 0 bridgehead atoms. The molecule has 14 heteroatoms. The van der Waals surface area contributed by atoms with Crippen molar-refractivity contribution in [3.63, 3.8) is 0 Å². The summed E-state index contributed by atoms with van der Waals surface area (Å²) in [6.07, 6.45) is -14.9. The van der Waals surface area contributed by atoms with Crippen LogP contribution in [0, 0.1) is 6.92 Å². The third-order valence-corrected chi connectivity index (χ3v) is 5.96. The average Bonchev–Trinajstić information content (AvgIpc) is 3.28. The lowest BCUT2D eigenvalue weighted by Gasteiger charge is -2.24. The van der Waals surface area contributed by atoms with Crippen molar-refractivity contribution in [1.29, 1.82) is 0 Å². The fourth-order valence-electron chi connectivity index (χ4n) is 4.05. The van der Waals surface area contributed by atoms with Crippen molar-refractivity contribution in [3.8, 4) is 11.1 Å². The van der Waals surface area contributed by atoms with E-state index in [0.717, 1.165) is 27.4 Å². The summed E-state index contributed by atoms with van der Waals surface area (Å²) in [6.45, 7) is 0.835. The van der Waals surface area contributed by atoms with Gasteiger partial charge in [0.25, 0.3) is 5.95 Å². The highest BCUT2D eigenvalue weighted by atomic mass is 19.4. The maximum absolute atomic E-state index is 13.6.